The summed E-state index contributed by atoms with van der Waals surface area (Å²) in [6.07, 6.45) is -19.5. The van der Waals surface area contributed by atoms with Gasteiger partial charge in [-0.15, -0.1) is 0 Å². The van der Waals surface area contributed by atoms with E-state index in [0.717, 1.165) is 13.2 Å². The van der Waals surface area contributed by atoms with Gasteiger partial charge in [-0.1, -0.05) is 78.9 Å². The lowest BCUT2D eigenvalue weighted by molar-refractivity contribution is -0.321. The lowest BCUT2D eigenvalue weighted by Crippen LogP contribution is -2.62. The molecule has 6 aliphatic heterocycles. The van der Waals surface area contributed by atoms with Crippen molar-refractivity contribution in [2.24, 2.45) is 57.7 Å². The molecule has 0 aliphatic carbocycles. The first-order valence-corrected chi connectivity index (χ1v) is 48.7. The summed E-state index contributed by atoms with van der Waals surface area (Å²) in [5, 5.41) is 66.9. The molecule has 0 radical (unpaired) electrons. The summed E-state index contributed by atoms with van der Waals surface area (Å²) in [6, 6.07) is -0.778. The first-order chi connectivity index (χ1) is 62.8. The van der Waals surface area contributed by atoms with Crippen molar-refractivity contribution in [3.8, 4) is 0 Å². The quantitative estimate of drug-likeness (QED) is 0.0115. The van der Waals surface area contributed by atoms with Gasteiger partial charge < -0.3 is 130 Å². The van der Waals surface area contributed by atoms with Crippen LogP contribution in [0.3, 0.4) is 0 Å². The number of rotatable bonds is 30. The summed E-state index contributed by atoms with van der Waals surface area (Å²) >= 11 is 0. The topological polar surface area (TPSA) is 497 Å². The Balaban J connectivity index is 0.000000481. The van der Waals surface area contributed by atoms with Crippen LogP contribution in [-0.2, 0) is 148 Å². The number of oxime groups is 2. The van der Waals surface area contributed by atoms with E-state index in [-0.39, 0.29) is 80.9 Å². The minimum Gasteiger partial charge on any atom is -0.459 e. The number of cyclic esters (lactones) is 2. The highest BCUT2D eigenvalue weighted by Crippen LogP contribution is 2.48. The summed E-state index contributed by atoms with van der Waals surface area (Å²) in [5.74, 6) is -13.2. The molecule has 6 rings (SSSR count). The fourth-order valence-electron chi connectivity index (χ4n) is 19.8. The van der Waals surface area contributed by atoms with Crippen LogP contribution in [0.15, 0.2) is 34.6 Å². The molecule has 0 aromatic rings. The van der Waals surface area contributed by atoms with Crippen molar-refractivity contribution in [3.63, 3.8) is 0 Å². The summed E-state index contributed by atoms with van der Waals surface area (Å²) in [7, 11) is 6.44. The van der Waals surface area contributed by atoms with Gasteiger partial charge in [0.2, 0.25) is 0 Å². The lowest BCUT2D eigenvalue weighted by atomic mass is 9.73. The van der Waals surface area contributed by atoms with Crippen LogP contribution in [0.4, 0.5) is 0 Å². The molecule has 136 heavy (non-hydrogen) atoms. The molecule has 6 heterocycles. The minimum atomic E-state index is -3.91. The number of carbonyl (C=O) groups excluding carboxylic acids is 8. The Kier molecular flexibility index (Phi) is 45.2. The normalized spacial score (nSPS) is 40.6. The molecule has 0 amide bonds. The molecule has 41 heteroatoms. The highest BCUT2D eigenvalue weighted by molar-refractivity contribution is 7.86. The maximum atomic E-state index is 14.8. The number of methoxy groups -OCH3 is 2. The predicted molar refractivity (Wildman–Crippen MR) is 493 cm³/mol. The van der Waals surface area contributed by atoms with E-state index in [1.54, 1.807) is 111 Å². The third kappa shape index (κ3) is 31.9. The summed E-state index contributed by atoms with van der Waals surface area (Å²) in [5.41, 5.74) is -8.77. The van der Waals surface area contributed by atoms with Gasteiger partial charge >= 0.3 is 47.8 Å². The van der Waals surface area contributed by atoms with Crippen LogP contribution in [0.1, 0.15) is 231 Å². The van der Waals surface area contributed by atoms with Gasteiger partial charge in [-0.25, -0.2) is 9.59 Å². The molecule has 2 unspecified atom stereocenters. The molecule has 36 atom stereocenters. The number of ether oxygens (including phenoxy) is 18. The van der Waals surface area contributed by atoms with Crippen LogP contribution in [0.25, 0.3) is 0 Å². The third-order valence-corrected chi connectivity index (χ3v) is 27.8. The Morgan fingerprint density at radius 2 is 0.794 bits per heavy atom. The Labute approximate surface area is 803 Å². The Hall–Kier alpha value is -6.27. The third-order valence-electron chi connectivity index (χ3n) is 27.2. The minimum absolute atomic E-state index is 0.00189. The van der Waals surface area contributed by atoms with Crippen molar-refractivity contribution in [2.45, 2.75) is 400 Å². The van der Waals surface area contributed by atoms with Gasteiger partial charge in [-0.05, 0) is 161 Å². The summed E-state index contributed by atoms with van der Waals surface area (Å²) < 4.78 is 145. The first-order valence-electron chi connectivity index (χ1n) is 46.9. The van der Waals surface area contributed by atoms with Gasteiger partial charge in [0.05, 0.1) is 140 Å². The lowest BCUT2D eigenvalue weighted by Gasteiger charge is -2.50. The second-order valence-corrected chi connectivity index (χ2v) is 41.4. The summed E-state index contributed by atoms with van der Waals surface area (Å²) in [6.45, 7) is 47.8. The van der Waals surface area contributed by atoms with Gasteiger partial charge in [0.1, 0.15) is 34.6 Å². The maximum absolute atomic E-state index is 14.8. The van der Waals surface area contributed by atoms with Crippen molar-refractivity contribution in [1.82, 2.24) is 9.80 Å². The average molecular weight is 1970 g/mol. The van der Waals surface area contributed by atoms with E-state index in [4.69, 9.17) is 99.1 Å². The number of nitrogens with zero attached hydrogens (tertiary/aromatic N) is 4. The van der Waals surface area contributed by atoms with E-state index >= 15 is 0 Å². The number of hydrogen-bond donors (Lipinski definition) is 5. The molecule has 0 saturated carbocycles. The second kappa shape index (κ2) is 51.1. The highest BCUT2D eigenvalue weighted by atomic mass is 32.2. The standard InChI is InChI=1S/C48H82N2O19S.C47H80N2O17/c1-19-36-48(14,56)41(54)28(5)38(49-69-34(11)53)26(3)21-47(13,60-23-25(2)24-61-70(18,57)58)42(68-45-40(64-32(9)51)35(50(15)16)20-27(4)62-45)29(6)39(30(7)44(55)66-36)67-37-22-46(12,59-17)43(31(8)63-37)65-33(10)52;1-18-35-47(14,56)40(54)27(5)37(48-66-33(11)53)25(3)20-46(13,58-23-24(2)22-50)41(65-44-39(61-31(9)51)34(49(15)16)19-26(4)59-44)28(6)38(29(7)43(55)63-35)64-36-21-45(12,57-17)42(30(8)60-36)62-32(10)52/h26-31,35-37,39-43,45,54,56H,2,19-24H2,1,3-18H3;25-30,34-36,38-42,44,50,54,56H,2,18-23H2,1,3-17H3/t26-,27-,28+,29+,30-,31+,35+,36-,37?,39+,40-,41-,42-,43+,45+,46-,47-,48-;25-,26-,27+,28+,29-,30+,34+,35-,36?,38+,39-,40-,41-,42+,44+,45-,46-,47-/m11/s1. The fourth-order valence-corrected chi connectivity index (χ4v) is 20.2. The Morgan fingerprint density at radius 3 is 1.08 bits per heavy atom. The van der Waals surface area contributed by atoms with Crippen molar-refractivity contribution in [3.05, 3.63) is 24.3 Å². The maximum Gasteiger partial charge on any atom is 0.331 e. The molecule has 6 fully saturated rings. The molecular weight excluding hydrogens is 1810 g/mol. The fraction of sp³-hybridized carbons (Fsp3) is 0.853. The number of hydrogen-bond acceptors (Lipinski definition) is 40. The van der Waals surface area contributed by atoms with Crippen LogP contribution < -0.4 is 0 Å². The van der Waals surface area contributed by atoms with Crippen molar-refractivity contribution in [1.29, 1.82) is 0 Å². The molecule has 6 saturated heterocycles. The predicted octanol–water partition coefficient (Wildman–Crippen LogP) is 7.68. The van der Waals surface area contributed by atoms with Crippen molar-refractivity contribution in [2.75, 3.05) is 75.1 Å². The molecule has 0 aromatic carbocycles. The number of aliphatic hydroxyl groups excluding tert-OH is 3. The monoisotopic (exact) mass is 1970 g/mol. The van der Waals surface area contributed by atoms with E-state index in [1.807, 2.05) is 51.8 Å². The highest BCUT2D eigenvalue weighted by Gasteiger charge is 2.60. The Morgan fingerprint density at radius 1 is 0.463 bits per heavy atom. The zero-order chi connectivity index (χ0) is 104. The zero-order valence-electron chi connectivity index (χ0n) is 86.3. The van der Waals surface area contributed by atoms with Crippen LogP contribution in [-0.4, -0.2) is 347 Å². The van der Waals surface area contributed by atoms with E-state index in [1.165, 1.54) is 62.7 Å². The van der Waals surface area contributed by atoms with E-state index in [2.05, 4.69) is 23.5 Å². The zero-order valence-corrected chi connectivity index (χ0v) is 87.1. The van der Waals surface area contributed by atoms with Crippen LogP contribution in [0.5, 0.6) is 0 Å². The molecule has 40 nitrogen and oxygen atoms in total. The molecule has 0 bridgehead atoms. The van der Waals surface area contributed by atoms with E-state index in [9.17, 15) is 72.3 Å². The summed E-state index contributed by atoms with van der Waals surface area (Å²) in [4.78, 5) is 118. The largest absolute Gasteiger partial charge is 0.459 e. The second-order valence-electron chi connectivity index (χ2n) is 39.8. The van der Waals surface area contributed by atoms with Crippen molar-refractivity contribution < 1.29 is 171 Å². The first kappa shape index (κ1) is 120. The van der Waals surface area contributed by atoms with Crippen LogP contribution in [0.2, 0.25) is 0 Å². The van der Waals surface area contributed by atoms with Gasteiger partial charge in [0.15, 0.2) is 49.6 Å². The number of carbonyl (C=O) groups is 8. The molecular formula is C95H162N4O36S. The molecule has 0 aromatic heterocycles. The smallest absolute Gasteiger partial charge is 0.331 e. The number of aliphatic hydroxyl groups is 5. The Bertz CT molecular complexity index is 4150. The van der Waals surface area contributed by atoms with Gasteiger partial charge in [-0.2, -0.15) is 8.42 Å². The average Bonchev–Trinajstić information content (AvgIpc) is 0.765. The van der Waals surface area contributed by atoms with Gasteiger partial charge in [-0.3, -0.25) is 33.0 Å². The number of likely N-dealkylation sites (N-methyl/N-ethyl adjacent to an activating group) is 2. The van der Waals surface area contributed by atoms with Crippen LogP contribution >= 0.6 is 0 Å². The van der Waals surface area contributed by atoms with Crippen LogP contribution in [0, 0.1) is 47.3 Å². The number of esters is 6. The molecule has 6 aliphatic rings. The molecule has 0 spiro atoms. The van der Waals surface area contributed by atoms with E-state index in [0.29, 0.717) is 18.4 Å². The molecule has 784 valence electrons. The van der Waals surface area contributed by atoms with E-state index < -0.39 is 275 Å². The van der Waals surface area contributed by atoms with Crippen molar-refractivity contribution >= 4 is 69.3 Å². The van der Waals surface area contributed by atoms with Gasteiger partial charge in [0.25, 0.3) is 10.1 Å². The SMILES string of the molecule is C=C(CO)CO[C@]1(C)C[C@@H](C)C(=NOC(C)=O)[C@H](C)[C@@H](O)[C@](C)(O)[C@@H](CC)OC(=O)[C@H](C)[C@@H](OC2C[C@@](C)(OC)[C@@H](OC(C)=O)[C@H](C)O2)[C@H](C)[C@H]1O[C@@H]1O[C@H](C)C[C@H](N(C)C)[C@H]1OC(C)=O.C=C(CO[C@]1(C)C[C@@H](C)C(=NOC(C)=O)[C@H](C)[C@@H](O)[C@](C)(O)[C@@H](CC)OC(=O)[C@H](C)[C@@H](OC2C[C@@](C)(OC)[C@@H](OC(C)=O)[C@H](C)O2)[C@H](C)[C@H]1O[C@@H]1O[C@H](C)C[C@H](N(C)C)[C@H]1OC(C)=O)COS(C)(=O)=O. The molecule has 5 N–H and O–H groups in total. The van der Waals surface area contributed by atoms with Gasteiger partial charge in [0, 0.05) is 104 Å².